The number of carbonyl (C=O) groups is 4. The number of ether oxygens (including phenoxy) is 2. The van der Waals surface area contributed by atoms with E-state index in [1.807, 2.05) is 52.0 Å². The van der Waals surface area contributed by atoms with Crippen molar-refractivity contribution in [2.75, 3.05) is 32.7 Å². The van der Waals surface area contributed by atoms with Crippen LogP contribution in [-0.4, -0.2) is 83.0 Å². The fourth-order valence-corrected chi connectivity index (χ4v) is 8.03. The second-order valence-electron chi connectivity index (χ2n) is 14.7. The molecule has 2 aromatic heterocycles. The minimum absolute atomic E-state index is 0.0612. The van der Waals surface area contributed by atoms with Gasteiger partial charge in [0.1, 0.15) is 17.5 Å². The summed E-state index contributed by atoms with van der Waals surface area (Å²) in [6, 6.07) is 7.81. The number of hydrogen-bond acceptors (Lipinski definition) is 9. The molecule has 0 saturated carbocycles. The lowest BCUT2D eigenvalue weighted by atomic mass is 10.0. The molecule has 4 heterocycles. The average Bonchev–Trinajstić information content (AvgIpc) is 3.65. The minimum atomic E-state index is -0.496. The molecule has 0 bridgehead atoms. The highest BCUT2D eigenvalue weighted by molar-refractivity contribution is 7.19. The van der Waals surface area contributed by atoms with Gasteiger partial charge in [-0.05, 0) is 96.2 Å². The van der Waals surface area contributed by atoms with Crippen molar-refractivity contribution < 1.29 is 28.7 Å². The topological polar surface area (TPSA) is 130 Å². The van der Waals surface area contributed by atoms with Crippen molar-refractivity contribution in [3.8, 4) is 16.9 Å². The summed E-state index contributed by atoms with van der Waals surface area (Å²) in [5, 5.41) is 6.46. The van der Waals surface area contributed by atoms with E-state index in [1.54, 1.807) is 17.5 Å². The molecule has 2 saturated heterocycles. The number of piperidine rings is 1. The summed E-state index contributed by atoms with van der Waals surface area (Å²) < 4.78 is 12.9. The fourth-order valence-electron chi connectivity index (χ4n) is 6.62. The fraction of sp³-hybridized carbons (Fsp3) is 0.564. The van der Waals surface area contributed by atoms with Crippen LogP contribution < -0.4 is 15.4 Å². The van der Waals surface area contributed by atoms with Crippen molar-refractivity contribution in [1.82, 2.24) is 25.4 Å². The van der Waals surface area contributed by atoms with Crippen molar-refractivity contribution in [3.05, 3.63) is 45.9 Å². The third-order valence-electron chi connectivity index (χ3n) is 9.25. The molecule has 0 aliphatic carbocycles. The molecule has 0 unspecified atom stereocenters. The number of carbonyl (C=O) groups excluding carboxylic acids is 4. The number of rotatable bonds is 16. The number of fused-ring (bicyclic) bond motifs is 1. The van der Waals surface area contributed by atoms with Gasteiger partial charge in [-0.2, -0.15) is 0 Å². The zero-order valence-corrected chi connectivity index (χ0v) is 32.4. The van der Waals surface area contributed by atoms with Crippen molar-refractivity contribution in [3.63, 3.8) is 0 Å². The number of benzene rings is 1. The van der Waals surface area contributed by atoms with E-state index in [1.165, 1.54) is 4.90 Å². The molecule has 11 nitrogen and oxygen atoms in total. The largest absolute Gasteiger partial charge is 0.489 e. The molecule has 1 aromatic carbocycles. The van der Waals surface area contributed by atoms with Gasteiger partial charge in [-0.25, -0.2) is 4.79 Å². The van der Waals surface area contributed by atoms with Crippen LogP contribution in [0.5, 0.6) is 5.75 Å². The van der Waals surface area contributed by atoms with E-state index >= 15 is 0 Å². The van der Waals surface area contributed by atoms with Crippen molar-refractivity contribution in [2.45, 2.75) is 110 Å². The first-order valence-electron chi connectivity index (χ1n) is 18.5. The number of thiophene rings is 1. The predicted molar refractivity (Wildman–Crippen MR) is 205 cm³/mol. The summed E-state index contributed by atoms with van der Waals surface area (Å²) in [4.78, 5) is 57.8. The number of aromatic nitrogens is 1. The molecule has 2 aliphatic heterocycles. The first-order chi connectivity index (χ1) is 24.9. The van der Waals surface area contributed by atoms with Gasteiger partial charge in [0, 0.05) is 72.7 Å². The lowest BCUT2D eigenvalue weighted by Crippen LogP contribution is -2.39. The Hall–Kier alpha value is -3.74. The van der Waals surface area contributed by atoms with E-state index in [0.29, 0.717) is 24.5 Å². The lowest BCUT2D eigenvalue weighted by Gasteiger charge is -2.33. The molecular formula is C39H52ClN5O6S. The highest BCUT2D eigenvalue weighted by Gasteiger charge is 2.30. The Bertz CT molecular complexity index is 1720. The van der Waals surface area contributed by atoms with Crippen LogP contribution in [0.15, 0.2) is 30.5 Å². The number of likely N-dealkylation sites (tertiary alicyclic amines) is 2. The van der Waals surface area contributed by atoms with Crippen LogP contribution in [0.3, 0.4) is 0 Å². The van der Waals surface area contributed by atoms with Crippen LogP contribution in [0.1, 0.15) is 95.4 Å². The molecule has 2 fully saturated rings. The SMILES string of the molecule is Cc1cc(Cl)cc(-c2ccnc3cc(CN4C(=O)CCC4=O)sc23)c1OC1CCN(CCCNC(=O)CCCCCCNC(=O)OC(C)(C)C)CC1. The Morgan fingerprint density at radius 3 is 2.40 bits per heavy atom. The molecule has 2 N–H and O–H groups in total. The summed E-state index contributed by atoms with van der Waals surface area (Å²) in [6.07, 6.45) is 8.81. The molecule has 3 aromatic rings. The Morgan fingerprint density at radius 1 is 0.962 bits per heavy atom. The van der Waals surface area contributed by atoms with Gasteiger partial charge in [0.05, 0.1) is 16.8 Å². The maximum Gasteiger partial charge on any atom is 0.407 e. The number of amides is 4. The monoisotopic (exact) mass is 753 g/mol. The molecule has 0 spiro atoms. The number of nitrogens with one attached hydrogen (secondary N) is 2. The van der Waals surface area contributed by atoms with Crippen molar-refractivity contribution >= 4 is 57.0 Å². The second kappa shape index (κ2) is 18.3. The average molecular weight is 754 g/mol. The zero-order chi connectivity index (χ0) is 37.3. The summed E-state index contributed by atoms with van der Waals surface area (Å²) in [5.74, 6) is 0.652. The molecule has 13 heteroatoms. The molecule has 5 rings (SSSR count). The number of halogens is 1. The number of pyridine rings is 1. The van der Waals surface area contributed by atoms with Gasteiger partial charge >= 0.3 is 6.09 Å². The van der Waals surface area contributed by atoms with Crippen LogP contribution in [-0.2, 0) is 25.7 Å². The van der Waals surface area contributed by atoms with E-state index in [2.05, 4.69) is 20.5 Å². The van der Waals surface area contributed by atoms with Gasteiger partial charge in [-0.1, -0.05) is 24.4 Å². The lowest BCUT2D eigenvalue weighted by molar-refractivity contribution is -0.139. The van der Waals surface area contributed by atoms with Gasteiger partial charge in [-0.3, -0.25) is 24.3 Å². The maximum absolute atomic E-state index is 12.3. The molecule has 0 radical (unpaired) electrons. The number of unbranched alkanes of at least 4 members (excludes halogenated alkanes) is 3. The highest BCUT2D eigenvalue weighted by atomic mass is 35.5. The summed E-state index contributed by atoms with van der Waals surface area (Å²) in [7, 11) is 0. The molecular weight excluding hydrogens is 702 g/mol. The molecule has 52 heavy (non-hydrogen) atoms. The van der Waals surface area contributed by atoms with Gasteiger partial charge in [-0.15, -0.1) is 11.3 Å². The van der Waals surface area contributed by atoms with Crippen LogP contribution >= 0.6 is 22.9 Å². The van der Waals surface area contributed by atoms with Crippen molar-refractivity contribution in [2.24, 2.45) is 0 Å². The van der Waals surface area contributed by atoms with Gasteiger partial charge in [0.25, 0.3) is 0 Å². The number of nitrogens with zero attached hydrogens (tertiary/aromatic N) is 3. The molecule has 2 aliphatic rings. The first-order valence-corrected chi connectivity index (χ1v) is 19.7. The first kappa shape index (κ1) is 39.5. The predicted octanol–water partition coefficient (Wildman–Crippen LogP) is 7.40. The molecule has 282 valence electrons. The number of alkyl carbamates (subject to hydrolysis) is 1. The third kappa shape index (κ3) is 11.4. The smallest absolute Gasteiger partial charge is 0.407 e. The highest BCUT2D eigenvalue weighted by Crippen LogP contribution is 2.42. The number of imide groups is 1. The van der Waals surface area contributed by atoms with Crippen LogP contribution in [0.2, 0.25) is 5.02 Å². The second-order valence-corrected chi connectivity index (χ2v) is 16.3. The van der Waals surface area contributed by atoms with Gasteiger partial charge in [0.2, 0.25) is 17.7 Å². The maximum atomic E-state index is 12.3. The van der Waals surface area contributed by atoms with E-state index < -0.39 is 5.60 Å². The Labute approximate surface area is 315 Å². The van der Waals surface area contributed by atoms with E-state index in [9.17, 15) is 19.2 Å². The minimum Gasteiger partial charge on any atom is -0.489 e. The standard InChI is InChI=1S/C39H52ClN5O6S/c1-26-22-27(40)23-31(30-13-18-41-32-24-29(52-37(30)32)25-45-34(47)11-12-35(45)48)36(26)50-28-14-20-44(21-15-28)19-9-17-42-33(46)10-7-5-6-8-16-43-38(49)51-39(2,3)4/h13,18,22-24,28H,5-12,14-17,19-21,25H2,1-4H3,(H,42,46)(H,43,49). The number of hydrogen-bond donors (Lipinski definition) is 2. The van der Waals surface area contributed by atoms with Gasteiger partial charge in [0.15, 0.2) is 0 Å². The van der Waals surface area contributed by atoms with E-state index in [0.717, 1.165) is 102 Å². The Morgan fingerprint density at radius 2 is 1.67 bits per heavy atom. The van der Waals surface area contributed by atoms with E-state index in [4.69, 9.17) is 21.1 Å². The molecule has 4 amide bonds. The Kier molecular flexibility index (Phi) is 13.9. The summed E-state index contributed by atoms with van der Waals surface area (Å²) >= 11 is 8.13. The van der Waals surface area contributed by atoms with Gasteiger partial charge < -0.3 is 25.0 Å². The third-order valence-corrected chi connectivity index (χ3v) is 10.6. The van der Waals surface area contributed by atoms with Crippen LogP contribution in [0.25, 0.3) is 21.3 Å². The molecule has 0 atom stereocenters. The quantitative estimate of drug-likeness (QED) is 0.114. The summed E-state index contributed by atoms with van der Waals surface area (Å²) in [6.45, 7) is 11.8. The van der Waals surface area contributed by atoms with E-state index in [-0.39, 0.29) is 49.3 Å². The van der Waals surface area contributed by atoms with Crippen molar-refractivity contribution in [1.29, 1.82) is 0 Å². The normalized spacial score (nSPS) is 15.8. The van der Waals surface area contributed by atoms with Crippen LogP contribution in [0, 0.1) is 6.92 Å². The number of aryl methyl sites for hydroxylation is 1. The Balaban J connectivity index is 1.04. The zero-order valence-electron chi connectivity index (χ0n) is 30.9. The van der Waals surface area contributed by atoms with Crippen LogP contribution in [0.4, 0.5) is 4.79 Å². The summed E-state index contributed by atoms with van der Waals surface area (Å²) in [5.41, 5.74) is 3.15.